The Labute approximate surface area is 502 Å². The summed E-state index contributed by atoms with van der Waals surface area (Å²) in [5, 5.41) is 199. The third kappa shape index (κ3) is 11.1. The number of rotatable bonds is 14. The molecule has 0 amide bonds. The van der Waals surface area contributed by atoms with Crippen LogP contribution < -0.4 is 0 Å². The predicted octanol–water partition coefficient (Wildman–Crippen LogP) is -6.02. The number of esters is 1. The molecule has 0 aromatic rings. The molecule has 10 aliphatic rings. The summed E-state index contributed by atoms with van der Waals surface area (Å²) in [5.74, 6) is -2.42. The van der Waals surface area contributed by atoms with Crippen molar-refractivity contribution in [2.45, 2.75) is 253 Å². The number of aliphatic hydroxyl groups is 18. The van der Waals surface area contributed by atoms with Crippen molar-refractivity contribution in [3.63, 3.8) is 0 Å². The van der Waals surface area contributed by atoms with Crippen LogP contribution in [0.3, 0.4) is 0 Å². The average Bonchev–Trinajstić information content (AvgIpc) is 0.675. The number of allylic oxidation sites excluding steroid dienone is 2. The van der Waals surface area contributed by atoms with Crippen molar-refractivity contribution in [3.8, 4) is 0 Å². The van der Waals surface area contributed by atoms with Crippen molar-refractivity contribution in [3.05, 3.63) is 11.6 Å². The molecule has 9 fully saturated rings. The van der Waals surface area contributed by atoms with Gasteiger partial charge in [-0.15, -0.1) is 0 Å². The molecular formula is C58H94O29. The van der Waals surface area contributed by atoms with E-state index < -0.39 is 244 Å². The van der Waals surface area contributed by atoms with E-state index in [0.29, 0.717) is 32.1 Å². The minimum absolute atomic E-state index is 0.0230. The SMILES string of the molecule is C[C@@H]1O[C@@H](O[C@H]2[C@H](OC(=O)[C@]34CCC(C)(C)C[C@H]3C3=CCC5[C@@]6(C)C[C@H](O)[C@H](O[C@@H]7O[C@H](CO)[C@@H](O)[C@H](O[C@@H]8O[C@H](CO)[C@@H](O)[C@H](O)[C@H]8O)[C@H]7O)C(CO)(CO)C6CC[C@@]5(C)[C@]3(C)C[C@H]4O)OC[C@H](O)[C@@H]2O)[C@H](O)[C@H](O)[C@H]1O[C@@H]1OC[C@@H](O)[C@H](O)[C@H]1O. The highest BCUT2D eigenvalue weighted by Gasteiger charge is 2.74. The Hall–Kier alpha value is -1.87. The second-order valence-corrected chi connectivity index (χ2v) is 28.2. The first-order valence-corrected chi connectivity index (χ1v) is 30.5. The molecule has 29 heteroatoms. The fraction of sp³-hybridized carbons (Fsp3) is 0.948. The Kier molecular flexibility index (Phi) is 19.6. The maximum atomic E-state index is 15.4. The molecule has 87 heavy (non-hydrogen) atoms. The summed E-state index contributed by atoms with van der Waals surface area (Å²) < 4.78 is 58.7. The summed E-state index contributed by atoms with van der Waals surface area (Å²) in [6.07, 6.45) is -38.9. The van der Waals surface area contributed by atoms with Gasteiger partial charge in [-0.05, 0) is 97.7 Å². The molecule has 33 atom stereocenters. The lowest BCUT2D eigenvalue weighted by Gasteiger charge is -2.72. The highest BCUT2D eigenvalue weighted by Crippen LogP contribution is 2.76. The van der Waals surface area contributed by atoms with Gasteiger partial charge >= 0.3 is 5.97 Å². The smallest absolute Gasteiger partial charge is 0.317 e. The average molecular weight is 1260 g/mol. The topological polar surface area (TPSA) is 474 Å². The van der Waals surface area contributed by atoms with Gasteiger partial charge in [-0.2, -0.15) is 0 Å². The van der Waals surface area contributed by atoms with Gasteiger partial charge < -0.3 is 139 Å². The number of fused-ring (bicyclic) bond motifs is 7. The van der Waals surface area contributed by atoms with Crippen molar-refractivity contribution < 1.29 is 144 Å². The molecule has 0 bridgehead atoms. The van der Waals surface area contributed by atoms with Crippen molar-refractivity contribution in [1.29, 1.82) is 0 Å². The quantitative estimate of drug-likeness (QED) is 0.0437. The fourth-order valence-electron chi connectivity index (χ4n) is 17.7. The Bertz CT molecular complexity index is 2420. The summed E-state index contributed by atoms with van der Waals surface area (Å²) in [4.78, 5) is 15.4. The van der Waals surface area contributed by atoms with Crippen LogP contribution in [0.4, 0.5) is 0 Å². The largest absolute Gasteiger partial charge is 0.432 e. The van der Waals surface area contributed by atoms with Crippen molar-refractivity contribution in [2.24, 2.45) is 50.2 Å². The Morgan fingerprint density at radius 3 is 1.75 bits per heavy atom. The van der Waals surface area contributed by atoms with Crippen LogP contribution in [0.1, 0.15) is 92.9 Å². The van der Waals surface area contributed by atoms with Gasteiger partial charge in [0.2, 0.25) is 6.29 Å². The van der Waals surface area contributed by atoms with E-state index in [2.05, 4.69) is 33.8 Å². The molecule has 29 nitrogen and oxygen atoms in total. The van der Waals surface area contributed by atoms with Crippen molar-refractivity contribution in [2.75, 3.05) is 39.6 Å². The first kappa shape index (κ1) is 68.0. The molecule has 4 saturated carbocycles. The number of hydrogen-bond acceptors (Lipinski definition) is 29. The van der Waals surface area contributed by atoms with Gasteiger partial charge in [0.15, 0.2) is 31.3 Å². The van der Waals surface area contributed by atoms with E-state index in [1.165, 1.54) is 6.92 Å². The Morgan fingerprint density at radius 2 is 1.10 bits per heavy atom. The van der Waals surface area contributed by atoms with E-state index in [4.69, 9.17) is 47.4 Å². The number of carbonyl (C=O) groups excluding carboxylic acids is 1. The zero-order chi connectivity index (χ0) is 63.6. The van der Waals surface area contributed by atoms with Crippen LogP contribution in [-0.4, -0.2) is 297 Å². The number of ether oxygens (including phenoxy) is 10. The minimum atomic E-state index is -1.98. The number of hydrogen-bond donors (Lipinski definition) is 18. The van der Waals surface area contributed by atoms with Crippen LogP contribution in [0.5, 0.6) is 0 Å². The normalized spacial score (nSPS) is 54.0. The minimum Gasteiger partial charge on any atom is -0.432 e. The summed E-state index contributed by atoms with van der Waals surface area (Å²) in [5.41, 5.74) is -5.13. The first-order valence-electron chi connectivity index (χ1n) is 30.5. The molecule has 5 aliphatic heterocycles. The van der Waals surface area contributed by atoms with E-state index >= 15 is 4.79 Å². The van der Waals surface area contributed by atoms with Gasteiger partial charge in [0.05, 0.1) is 64.1 Å². The second-order valence-electron chi connectivity index (χ2n) is 28.2. The van der Waals surface area contributed by atoms with Gasteiger partial charge in [0, 0.05) is 5.41 Å². The van der Waals surface area contributed by atoms with Crippen LogP contribution >= 0.6 is 0 Å². The van der Waals surface area contributed by atoms with Gasteiger partial charge in [-0.1, -0.05) is 46.3 Å². The zero-order valence-electron chi connectivity index (χ0n) is 49.8. The molecule has 0 radical (unpaired) electrons. The summed E-state index contributed by atoms with van der Waals surface area (Å²) in [6, 6.07) is 0. The molecule has 0 aromatic heterocycles. The Morgan fingerprint density at radius 1 is 0.540 bits per heavy atom. The lowest BCUT2D eigenvalue weighted by Crippen LogP contribution is -2.72. The molecule has 5 aliphatic carbocycles. The standard InChI is InChI=1S/C58H94O29/c1-22-43(83-47-39(73)33(67)26(64)18-78-47)38(72)41(75)48(80-22)85-45-34(68)27(65)19-79-51(45)87-52(77)58-12-11-53(2,3)13-24(58)23-7-8-30-54(4)14-25(63)46(57(20-61,21-62)31(54)9-10-55(30,5)56(23,6)15-32(58)66)86-50-42(76)44(36(70)29(17-60)82-50)84-49-40(74)37(71)35(69)28(16-59)81-49/h7,22,24-51,59-76H,8-21H2,1-6H3/t22-,24-,25-,26+,27-,28+,29+,30?,31?,32+,33-,34-,35+,36+,37-,38-,39+,40+,41+,42+,43-,44-,45+,46-,47-,48-,49-,50-,51-,54+,55+,56+,58+/m0/s1. The lowest BCUT2D eigenvalue weighted by molar-refractivity contribution is -0.377. The van der Waals surface area contributed by atoms with E-state index in [9.17, 15) is 91.9 Å². The molecule has 0 spiro atoms. The predicted molar refractivity (Wildman–Crippen MR) is 288 cm³/mol. The summed E-state index contributed by atoms with van der Waals surface area (Å²) >= 11 is 0. The van der Waals surface area contributed by atoms with Gasteiger partial charge in [-0.25, -0.2) is 0 Å². The number of aliphatic hydroxyl groups excluding tert-OH is 18. The van der Waals surface area contributed by atoms with Crippen LogP contribution in [-0.2, 0) is 52.2 Å². The fourth-order valence-corrected chi connectivity index (χ4v) is 17.7. The lowest BCUT2D eigenvalue weighted by atomic mass is 9.33. The summed E-state index contributed by atoms with van der Waals surface area (Å²) in [7, 11) is 0. The zero-order valence-corrected chi connectivity index (χ0v) is 49.8. The highest BCUT2D eigenvalue weighted by molar-refractivity contribution is 5.80. The van der Waals surface area contributed by atoms with Gasteiger partial charge in [0.1, 0.15) is 103 Å². The van der Waals surface area contributed by atoms with Gasteiger partial charge in [-0.3, -0.25) is 4.79 Å². The molecular weight excluding hydrogens is 1160 g/mol. The van der Waals surface area contributed by atoms with Crippen molar-refractivity contribution >= 4 is 5.97 Å². The van der Waals surface area contributed by atoms with E-state index in [-0.39, 0.29) is 30.6 Å². The maximum absolute atomic E-state index is 15.4. The van der Waals surface area contributed by atoms with Crippen LogP contribution in [0.15, 0.2) is 11.6 Å². The molecule has 500 valence electrons. The Balaban J connectivity index is 0.890. The first-order chi connectivity index (χ1) is 40.8. The maximum Gasteiger partial charge on any atom is 0.317 e. The third-order valence-electron chi connectivity index (χ3n) is 22.9. The second kappa shape index (κ2) is 25.1. The molecule has 10 rings (SSSR count). The van der Waals surface area contributed by atoms with E-state index in [1.54, 1.807) is 0 Å². The highest BCUT2D eigenvalue weighted by atomic mass is 16.8. The van der Waals surface area contributed by atoms with Crippen LogP contribution in [0, 0.1) is 50.2 Å². The molecule has 5 heterocycles. The van der Waals surface area contributed by atoms with Crippen molar-refractivity contribution in [1.82, 2.24) is 0 Å². The molecule has 2 unspecified atom stereocenters. The molecule has 18 N–H and O–H groups in total. The number of carbonyl (C=O) groups is 1. The summed E-state index contributed by atoms with van der Waals surface area (Å²) in [6.45, 7) is 7.74. The van der Waals surface area contributed by atoms with Crippen LogP contribution in [0.25, 0.3) is 0 Å². The molecule has 0 aromatic carbocycles. The van der Waals surface area contributed by atoms with E-state index in [0.717, 1.165) is 5.57 Å². The molecule has 5 saturated heterocycles. The third-order valence-corrected chi connectivity index (χ3v) is 22.9. The monoisotopic (exact) mass is 1250 g/mol. The van der Waals surface area contributed by atoms with Crippen LogP contribution in [0.2, 0.25) is 0 Å². The van der Waals surface area contributed by atoms with E-state index in [1.807, 2.05) is 6.92 Å². The van der Waals surface area contributed by atoms with Gasteiger partial charge in [0.25, 0.3) is 0 Å².